The maximum Gasteiger partial charge on any atom is 0.338 e. The van der Waals surface area contributed by atoms with Crippen molar-refractivity contribution in [3.8, 4) is 5.75 Å². The van der Waals surface area contributed by atoms with Gasteiger partial charge in [0.2, 0.25) is 0 Å². The molecule has 0 N–H and O–H groups in total. The van der Waals surface area contributed by atoms with E-state index in [4.69, 9.17) is 9.47 Å². The predicted octanol–water partition coefficient (Wildman–Crippen LogP) is 4.98. The molecule has 2 aromatic carbocycles. The molecular formula is C19H24O3. The fourth-order valence-electron chi connectivity index (χ4n) is 2.54. The van der Waals surface area contributed by atoms with Crippen molar-refractivity contribution in [3.63, 3.8) is 0 Å². The topological polar surface area (TPSA) is 35.5 Å². The molecule has 3 nitrogen and oxygen atoms in total. The lowest BCUT2D eigenvalue weighted by Crippen LogP contribution is -2.02. The number of ether oxygens (including phenoxy) is 2. The molecule has 0 aliphatic carbocycles. The van der Waals surface area contributed by atoms with E-state index in [2.05, 4.69) is 6.92 Å². The minimum absolute atomic E-state index is 0.310. The molecule has 0 spiro atoms. The lowest BCUT2D eigenvalue weighted by Gasteiger charge is -2.09. The van der Waals surface area contributed by atoms with Crippen LogP contribution in [0.2, 0.25) is 0 Å². The van der Waals surface area contributed by atoms with Gasteiger partial charge in [0.1, 0.15) is 5.75 Å². The van der Waals surface area contributed by atoms with Crippen LogP contribution in [-0.4, -0.2) is 19.7 Å². The molecule has 2 aromatic rings. The minimum Gasteiger partial charge on any atom is -0.494 e. The van der Waals surface area contributed by atoms with E-state index in [1.165, 1.54) is 32.8 Å². The summed E-state index contributed by atoms with van der Waals surface area (Å²) in [5.74, 6) is 0.542. The van der Waals surface area contributed by atoms with E-state index < -0.39 is 0 Å². The molecule has 0 saturated carbocycles. The van der Waals surface area contributed by atoms with Crippen LogP contribution in [0.3, 0.4) is 0 Å². The van der Waals surface area contributed by atoms with Gasteiger partial charge in [-0.25, -0.2) is 4.79 Å². The van der Waals surface area contributed by atoms with E-state index in [1.54, 1.807) is 6.07 Å². The summed E-state index contributed by atoms with van der Waals surface area (Å²) in [7, 11) is 1.40. The summed E-state index contributed by atoms with van der Waals surface area (Å²) in [5, 5.41) is 1.89. The molecule has 2 rings (SSSR count). The van der Waals surface area contributed by atoms with Crippen LogP contribution in [0.5, 0.6) is 5.75 Å². The molecule has 118 valence electrons. The first-order valence-electron chi connectivity index (χ1n) is 8.00. The van der Waals surface area contributed by atoms with Gasteiger partial charge < -0.3 is 9.47 Å². The van der Waals surface area contributed by atoms with Crippen LogP contribution in [-0.2, 0) is 4.74 Å². The number of unbranched alkanes of at least 4 members (excludes halogenated alkanes) is 4. The van der Waals surface area contributed by atoms with Gasteiger partial charge in [0, 0.05) is 0 Å². The minimum atomic E-state index is -0.310. The van der Waals surface area contributed by atoms with Crippen LogP contribution in [0.4, 0.5) is 0 Å². The van der Waals surface area contributed by atoms with Gasteiger partial charge in [0.05, 0.1) is 19.3 Å². The molecule has 0 fully saturated rings. The number of methoxy groups -OCH3 is 1. The van der Waals surface area contributed by atoms with E-state index in [0.29, 0.717) is 5.56 Å². The van der Waals surface area contributed by atoms with E-state index >= 15 is 0 Å². The maximum atomic E-state index is 11.8. The van der Waals surface area contributed by atoms with Gasteiger partial charge in [-0.3, -0.25) is 0 Å². The Kier molecular flexibility index (Phi) is 6.26. The quantitative estimate of drug-likeness (QED) is 0.509. The summed E-state index contributed by atoms with van der Waals surface area (Å²) in [6.07, 6.45) is 6.13. The van der Waals surface area contributed by atoms with Gasteiger partial charge >= 0.3 is 5.97 Å². The number of rotatable bonds is 8. The number of hydrogen-bond acceptors (Lipinski definition) is 3. The molecule has 3 heteroatoms. The van der Waals surface area contributed by atoms with E-state index in [1.807, 2.05) is 30.3 Å². The van der Waals surface area contributed by atoms with Gasteiger partial charge in [0.25, 0.3) is 0 Å². The van der Waals surface area contributed by atoms with E-state index in [9.17, 15) is 4.79 Å². The van der Waals surface area contributed by atoms with Gasteiger partial charge in [-0.1, -0.05) is 44.7 Å². The maximum absolute atomic E-state index is 11.8. The second-order valence-corrected chi connectivity index (χ2v) is 5.44. The van der Waals surface area contributed by atoms with Gasteiger partial charge in [0.15, 0.2) is 0 Å². The number of carbonyl (C=O) groups is 1. The summed E-state index contributed by atoms with van der Waals surface area (Å²) in [5.41, 5.74) is 0.589. The number of carbonyl (C=O) groups excluding carboxylic acids is 1. The molecule has 0 heterocycles. The highest BCUT2D eigenvalue weighted by atomic mass is 16.5. The molecule has 0 radical (unpaired) electrons. The van der Waals surface area contributed by atoms with Crippen molar-refractivity contribution in [2.45, 2.75) is 39.0 Å². The Balaban J connectivity index is 2.00. The smallest absolute Gasteiger partial charge is 0.338 e. The van der Waals surface area contributed by atoms with Crippen LogP contribution >= 0.6 is 0 Å². The second-order valence-electron chi connectivity index (χ2n) is 5.44. The highest BCUT2D eigenvalue weighted by Crippen LogP contribution is 2.24. The number of fused-ring (bicyclic) bond motifs is 1. The summed E-state index contributed by atoms with van der Waals surface area (Å²) in [6.45, 7) is 2.96. The van der Waals surface area contributed by atoms with Crippen LogP contribution in [0.25, 0.3) is 10.8 Å². The van der Waals surface area contributed by atoms with Crippen molar-refractivity contribution in [2.24, 2.45) is 0 Å². The molecule has 0 atom stereocenters. The highest BCUT2D eigenvalue weighted by molar-refractivity contribution is 6.04. The summed E-state index contributed by atoms with van der Waals surface area (Å²) in [6, 6.07) is 11.4. The zero-order chi connectivity index (χ0) is 15.8. The molecule has 0 aliphatic heterocycles. The molecule has 0 amide bonds. The Morgan fingerprint density at radius 1 is 1.05 bits per heavy atom. The number of hydrogen-bond donors (Lipinski definition) is 0. The van der Waals surface area contributed by atoms with Crippen molar-refractivity contribution in [1.29, 1.82) is 0 Å². The normalized spacial score (nSPS) is 10.6. The average Bonchev–Trinajstić information content (AvgIpc) is 2.56. The lowest BCUT2D eigenvalue weighted by atomic mass is 10.0. The van der Waals surface area contributed by atoms with Crippen LogP contribution in [0, 0.1) is 0 Å². The van der Waals surface area contributed by atoms with Gasteiger partial charge in [-0.15, -0.1) is 0 Å². The Morgan fingerprint density at radius 2 is 1.86 bits per heavy atom. The Morgan fingerprint density at radius 3 is 2.64 bits per heavy atom. The molecule has 0 aliphatic rings. The SMILES string of the molecule is CCCCCCCOc1ccc2c(C(=O)OC)cccc2c1. The first kappa shape index (κ1) is 16.3. The number of benzene rings is 2. The van der Waals surface area contributed by atoms with Crippen LogP contribution < -0.4 is 4.74 Å². The Labute approximate surface area is 132 Å². The third-order valence-electron chi connectivity index (χ3n) is 3.77. The predicted molar refractivity (Wildman–Crippen MR) is 89.5 cm³/mol. The van der Waals surface area contributed by atoms with E-state index in [-0.39, 0.29) is 5.97 Å². The van der Waals surface area contributed by atoms with Gasteiger partial charge in [-0.2, -0.15) is 0 Å². The molecule has 0 bridgehead atoms. The van der Waals surface area contributed by atoms with Crippen molar-refractivity contribution >= 4 is 16.7 Å². The second kappa shape index (κ2) is 8.42. The molecular weight excluding hydrogens is 276 g/mol. The standard InChI is InChI=1S/C19H24O3/c1-3-4-5-6-7-13-22-16-11-12-17-15(14-16)9-8-10-18(17)19(20)21-2/h8-12,14H,3-7,13H2,1-2H3. The lowest BCUT2D eigenvalue weighted by molar-refractivity contribution is 0.0603. The Hall–Kier alpha value is -2.03. The highest BCUT2D eigenvalue weighted by Gasteiger charge is 2.10. The summed E-state index contributed by atoms with van der Waals surface area (Å²) < 4.78 is 10.6. The first-order valence-corrected chi connectivity index (χ1v) is 8.00. The van der Waals surface area contributed by atoms with Crippen LogP contribution in [0.1, 0.15) is 49.4 Å². The zero-order valence-electron chi connectivity index (χ0n) is 13.4. The Bertz CT molecular complexity index is 619. The third kappa shape index (κ3) is 4.23. The van der Waals surface area contributed by atoms with Crippen molar-refractivity contribution < 1.29 is 14.3 Å². The molecule has 0 saturated heterocycles. The summed E-state index contributed by atoms with van der Waals surface area (Å²) in [4.78, 5) is 11.8. The zero-order valence-corrected chi connectivity index (χ0v) is 13.4. The number of esters is 1. The molecule has 0 unspecified atom stereocenters. The fraction of sp³-hybridized carbons (Fsp3) is 0.421. The fourth-order valence-corrected chi connectivity index (χ4v) is 2.54. The monoisotopic (exact) mass is 300 g/mol. The third-order valence-corrected chi connectivity index (χ3v) is 3.77. The van der Waals surface area contributed by atoms with Gasteiger partial charge in [-0.05, 0) is 41.5 Å². The first-order chi connectivity index (χ1) is 10.8. The van der Waals surface area contributed by atoms with Crippen molar-refractivity contribution in [1.82, 2.24) is 0 Å². The van der Waals surface area contributed by atoms with Crippen molar-refractivity contribution in [3.05, 3.63) is 42.0 Å². The van der Waals surface area contributed by atoms with Crippen molar-refractivity contribution in [2.75, 3.05) is 13.7 Å². The largest absolute Gasteiger partial charge is 0.494 e. The van der Waals surface area contributed by atoms with E-state index in [0.717, 1.165) is 29.5 Å². The molecule has 0 aromatic heterocycles. The average molecular weight is 300 g/mol. The summed E-state index contributed by atoms with van der Waals surface area (Å²) >= 11 is 0. The van der Waals surface area contributed by atoms with Crippen LogP contribution in [0.15, 0.2) is 36.4 Å². The molecule has 22 heavy (non-hydrogen) atoms.